The van der Waals surface area contributed by atoms with Crippen molar-refractivity contribution < 1.29 is 27.2 Å². The molecule has 0 atom stereocenters. The predicted octanol–water partition coefficient (Wildman–Crippen LogP) is 0.458. The summed E-state index contributed by atoms with van der Waals surface area (Å²) in [6, 6.07) is 0.185. The van der Waals surface area contributed by atoms with Gasteiger partial charge in [0.2, 0.25) is 5.91 Å². The molecule has 2 amide bonds. The van der Waals surface area contributed by atoms with Crippen LogP contribution in [0.2, 0.25) is 0 Å². The van der Waals surface area contributed by atoms with Gasteiger partial charge in [0.1, 0.15) is 0 Å². The molecule has 0 heterocycles. The number of rotatable bonds is 3. The monoisotopic (exact) mass is 250 g/mol. The van der Waals surface area contributed by atoms with Crippen LogP contribution in [0.4, 0.5) is 17.6 Å². The average molecular weight is 250 g/mol. The van der Waals surface area contributed by atoms with Gasteiger partial charge in [-0.1, -0.05) is 0 Å². The number of hydrogen-bond donors (Lipinski definition) is 2. The highest BCUT2D eigenvalue weighted by atomic mass is 19.2. The van der Waals surface area contributed by atoms with Gasteiger partial charge in [0.25, 0.3) is 5.91 Å². The van der Waals surface area contributed by atoms with Crippen LogP contribution < -0.4 is 11.1 Å². The second-order valence-corrected chi connectivity index (χ2v) is 3.00. The maximum atomic E-state index is 13.1. The summed E-state index contributed by atoms with van der Waals surface area (Å²) in [7, 11) is 0. The van der Waals surface area contributed by atoms with Crippen LogP contribution in [0, 0.1) is 23.3 Å². The molecule has 0 aliphatic heterocycles. The molecule has 17 heavy (non-hydrogen) atoms. The molecule has 0 radical (unpaired) electrons. The molecule has 1 aromatic rings. The molecule has 1 rings (SSSR count). The van der Waals surface area contributed by atoms with Gasteiger partial charge >= 0.3 is 0 Å². The van der Waals surface area contributed by atoms with Crippen LogP contribution in [0.15, 0.2) is 6.07 Å². The molecule has 0 aliphatic carbocycles. The number of nitrogens with one attached hydrogen (secondary N) is 1. The summed E-state index contributed by atoms with van der Waals surface area (Å²) in [4.78, 5) is 21.5. The number of halogens is 4. The Labute approximate surface area is 92.4 Å². The first-order valence-electron chi connectivity index (χ1n) is 4.24. The van der Waals surface area contributed by atoms with E-state index in [4.69, 9.17) is 0 Å². The van der Waals surface area contributed by atoms with Crippen LogP contribution in [0.25, 0.3) is 0 Å². The molecule has 0 bridgehead atoms. The highest BCUT2D eigenvalue weighted by Gasteiger charge is 2.22. The van der Waals surface area contributed by atoms with Crippen molar-refractivity contribution in [1.82, 2.24) is 5.32 Å². The van der Waals surface area contributed by atoms with Gasteiger partial charge in [0, 0.05) is 0 Å². The number of nitrogens with two attached hydrogens (primary N) is 1. The largest absolute Gasteiger partial charge is 0.368 e. The summed E-state index contributed by atoms with van der Waals surface area (Å²) in [5.41, 5.74) is 3.63. The van der Waals surface area contributed by atoms with Crippen LogP contribution in [-0.2, 0) is 4.79 Å². The van der Waals surface area contributed by atoms with Crippen molar-refractivity contribution in [3.63, 3.8) is 0 Å². The Bertz CT molecular complexity index is 490. The Morgan fingerprint density at radius 3 is 2.24 bits per heavy atom. The van der Waals surface area contributed by atoms with Crippen molar-refractivity contribution in [2.24, 2.45) is 5.73 Å². The van der Waals surface area contributed by atoms with E-state index in [0.717, 1.165) is 0 Å². The van der Waals surface area contributed by atoms with E-state index in [1.54, 1.807) is 5.32 Å². The lowest BCUT2D eigenvalue weighted by Gasteiger charge is -2.05. The van der Waals surface area contributed by atoms with Gasteiger partial charge in [-0.15, -0.1) is 0 Å². The van der Waals surface area contributed by atoms with Gasteiger partial charge in [-0.2, -0.15) is 0 Å². The fourth-order valence-electron chi connectivity index (χ4n) is 1.00. The van der Waals surface area contributed by atoms with Crippen molar-refractivity contribution in [3.8, 4) is 0 Å². The lowest BCUT2D eigenvalue weighted by atomic mass is 10.1. The zero-order valence-corrected chi connectivity index (χ0v) is 8.19. The topological polar surface area (TPSA) is 72.2 Å². The number of benzene rings is 1. The minimum atomic E-state index is -2.10. The number of hydrogen-bond acceptors (Lipinski definition) is 2. The molecule has 0 unspecified atom stereocenters. The molecule has 92 valence electrons. The Morgan fingerprint density at radius 2 is 1.71 bits per heavy atom. The molecule has 4 nitrogen and oxygen atoms in total. The van der Waals surface area contributed by atoms with Gasteiger partial charge < -0.3 is 11.1 Å². The highest BCUT2D eigenvalue weighted by molar-refractivity contribution is 5.96. The molecule has 0 aromatic heterocycles. The first-order valence-corrected chi connectivity index (χ1v) is 4.24. The van der Waals surface area contributed by atoms with Gasteiger partial charge in [-0.05, 0) is 6.07 Å². The minimum absolute atomic E-state index is 0.185. The lowest BCUT2D eigenvalue weighted by molar-refractivity contribution is -0.117. The number of primary amides is 1. The standard InChI is InChI=1S/C9H6F4N2O2/c10-4-1-3(6(11)8(13)7(4)12)9(17)15-2-5(14)16/h1H,2H2,(H2,14,16)(H,15,17). The Morgan fingerprint density at radius 1 is 1.12 bits per heavy atom. The highest BCUT2D eigenvalue weighted by Crippen LogP contribution is 2.18. The maximum absolute atomic E-state index is 13.1. The summed E-state index contributed by atoms with van der Waals surface area (Å²) in [5, 5.41) is 1.80. The first kappa shape index (κ1) is 12.9. The van der Waals surface area contributed by atoms with Gasteiger partial charge in [0.15, 0.2) is 23.3 Å². The fraction of sp³-hybridized carbons (Fsp3) is 0.111. The average Bonchev–Trinajstić information content (AvgIpc) is 2.28. The normalized spacial score (nSPS) is 10.1. The molecule has 8 heteroatoms. The van der Waals surface area contributed by atoms with Crippen LogP contribution >= 0.6 is 0 Å². The zero-order valence-electron chi connectivity index (χ0n) is 8.19. The summed E-state index contributed by atoms with van der Waals surface area (Å²) in [6.07, 6.45) is 0. The molecule has 0 saturated carbocycles. The molecular formula is C9H6F4N2O2. The van der Waals surface area contributed by atoms with Crippen LogP contribution in [0.1, 0.15) is 10.4 Å². The minimum Gasteiger partial charge on any atom is -0.368 e. The van der Waals surface area contributed by atoms with Gasteiger partial charge in [0.05, 0.1) is 12.1 Å². The van der Waals surface area contributed by atoms with E-state index < -0.39 is 47.2 Å². The molecule has 3 N–H and O–H groups in total. The fourth-order valence-corrected chi connectivity index (χ4v) is 1.00. The van der Waals surface area contributed by atoms with E-state index in [1.807, 2.05) is 0 Å². The second-order valence-electron chi connectivity index (χ2n) is 3.00. The van der Waals surface area contributed by atoms with Crippen molar-refractivity contribution in [2.45, 2.75) is 0 Å². The molecule has 0 saturated heterocycles. The van der Waals surface area contributed by atoms with Crippen molar-refractivity contribution in [2.75, 3.05) is 6.54 Å². The lowest BCUT2D eigenvalue weighted by Crippen LogP contribution is -2.34. The van der Waals surface area contributed by atoms with E-state index >= 15 is 0 Å². The summed E-state index contributed by atoms with van der Waals surface area (Å²) in [6.45, 7) is -0.640. The van der Waals surface area contributed by atoms with E-state index in [9.17, 15) is 27.2 Å². The molecule has 0 fully saturated rings. The van der Waals surface area contributed by atoms with Gasteiger partial charge in [-0.3, -0.25) is 9.59 Å². The Balaban J connectivity index is 3.06. The molecule has 1 aromatic carbocycles. The van der Waals surface area contributed by atoms with Crippen molar-refractivity contribution in [3.05, 3.63) is 34.9 Å². The molecule has 0 aliphatic rings. The predicted molar refractivity (Wildman–Crippen MR) is 47.8 cm³/mol. The van der Waals surface area contributed by atoms with Gasteiger partial charge in [-0.25, -0.2) is 17.6 Å². The summed E-state index contributed by atoms with van der Waals surface area (Å²) in [5.74, 6) is -9.89. The first-order chi connectivity index (χ1) is 7.84. The Hall–Kier alpha value is -2.12. The SMILES string of the molecule is NC(=O)CNC(=O)c1cc(F)c(F)c(F)c1F. The molecular weight excluding hydrogens is 244 g/mol. The van der Waals surface area contributed by atoms with E-state index in [2.05, 4.69) is 5.73 Å². The van der Waals surface area contributed by atoms with E-state index in [-0.39, 0.29) is 6.07 Å². The summed E-state index contributed by atoms with van der Waals surface area (Å²) < 4.78 is 51.1. The third kappa shape index (κ3) is 2.71. The maximum Gasteiger partial charge on any atom is 0.254 e. The van der Waals surface area contributed by atoms with Crippen molar-refractivity contribution in [1.29, 1.82) is 0 Å². The van der Waals surface area contributed by atoms with Crippen LogP contribution in [-0.4, -0.2) is 18.4 Å². The quantitative estimate of drug-likeness (QED) is 0.464. The third-order valence-electron chi connectivity index (χ3n) is 1.77. The van der Waals surface area contributed by atoms with E-state index in [0.29, 0.717) is 0 Å². The van der Waals surface area contributed by atoms with E-state index in [1.165, 1.54) is 0 Å². The number of carbonyl (C=O) groups excluding carboxylic acids is 2. The molecule has 0 spiro atoms. The van der Waals surface area contributed by atoms with Crippen LogP contribution in [0.5, 0.6) is 0 Å². The zero-order chi connectivity index (χ0) is 13.2. The number of carbonyl (C=O) groups is 2. The second kappa shape index (κ2) is 4.81. The third-order valence-corrected chi connectivity index (χ3v) is 1.77. The summed E-state index contributed by atoms with van der Waals surface area (Å²) >= 11 is 0. The Kier molecular flexibility index (Phi) is 3.66. The van der Waals surface area contributed by atoms with Crippen LogP contribution in [0.3, 0.4) is 0 Å². The van der Waals surface area contributed by atoms with Crippen molar-refractivity contribution >= 4 is 11.8 Å². The number of amides is 2. The smallest absolute Gasteiger partial charge is 0.254 e.